The largest absolute Gasteiger partial charge is 0.494 e. The van der Waals surface area contributed by atoms with Crippen molar-refractivity contribution in [2.75, 3.05) is 26.4 Å². The van der Waals surface area contributed by atoms with Gasteiger partial charge in [0.15, 0.2) is 0 Å². The number of hydrogen-bond donors (Lipinski definition) is 1. The van der Waals surface area contributed by atoms with Crippen LogP contribution in [0.1, 0.15) is 19.3 Å². The van der Waals surface area contributed by atoms with E-state index in [0.717, 1.165) is 31.2 Å². The van der Waals surface area contributed by atoms with E-state index < -0.39 is 6.43 Å². The summed E-state index contributed by atoms with van der Waals surface area (Å²) in [5.41, 5.74) is 0. The van der Waals surface area contributed by atoms with Crippen LogP contribution in [0.2, 0.25) is 0 Å². The summed E-state index contributed by atoms with van der Waals surface area (Å²) in [4.78, 5) is 9.96. The van der Waals surface area contributed by atoms with Crippen molar-refractivity contribution in [1.29, 1.82) is 0 Å². The first-order valence-corrected chi connectivity index (χ1v) is 13.7. The van der Waals surface area contributed by atoms with Crippen molar-refractivity contribution in [1.82, 2.24) is 0 Å². The fourth-order valence-corrected chi connectivity index (χ4v) is 3.13. The second kappa shape index (κ2) is 21.0. The zero-order valence-electron chi connectivity index (χ0n) is 20.0. The molecule has 0 saturated carbocycles. The van der Waals surface area contributed by atoms with Crippen LogP contribution in [0.25, 0.3) is 0 Å². The molecule has 0 amide bonds. The number of aliphatic hydroxyl groups excluding tert-OH is 1. The number of ether oxygens (including phenoxy) is 3. The van der Waals surface area contributed by atoms with Gasteiger partial charge < -0.3 is 24.1 Å². The number of halogens is 5. The molecule has 3 aromatic carbocycles. The summed E-state index contributed by atoms with van der Waals surface area (Å²) >= 11 is 9.91. The average molecular weight is 711 g/mol. The quantitative estimate of drug-likeness (QED) is 0.152. The molecule has 3 aromatic rings. The van der Waals surface area contributed by atoms with E-state index in [4.69, 9.17) is 19.3 Å². The number of carbonyl (C=O) groups is 1. The van der Waals surface area contributed by atoms with E-state index in [-0.39, 0.29) is 19.6 Å². The maximum Gasteiger partial charge on any atom is 0.241 e. The van der Waals surface area contributed by atoms with Gasteiger partial charge in [-0.15, -0.1) is 0 Å². The van der Waals surface area contributed by atoms with E-state index in [1.165, 1.54) is 0 Å². The lowest BCUT2D eigenvalue weighted by atomic mass is 10.3. The van der Waals surface area contributed by atoms with Crippen LogP contribution in [0.3, 0.4) is 0 Å². The summed E-state index contributed by atoms with van der Waals surface area (Å²) in [6.45, 7) is 1.25. The first-order chi connectivity index (χ1) is 17.8. The summed E-state index contributed by atoms with van der Waals surface area (Å²) < 4.78 is 42.1. The minimum Gasteiger partial charge on any atom is -0.494 e. The maximum atomic E-state index is 11.7. The predicted molar refractivity (Wildman–Crippen MR) is 152 cm³/mol. The monoisotopic (exact) mass is 708 g/mol. The number of benzene rings is 3. The SMILES string of the molecule is FC(F)CCOc1ccc(Br)cc1.O=CCCOc1ccc(Br)cc1.OCCCOc1ccc(Br)cc1. The standard InChI is InChI=1S/C9H9BrF2O.C9H11BrO2.C9H9BrO2/c10-7-1-3-8(4-2-7)13-6-5-9(11)12;2*10-8-2-4-9(5-3-8)12-7-1-6-11/h1-4,9H,5-6H2;2-5,11H,1,6-7H2;2-6H,1,7H2. The van der Waals surface area contributed by atoms with Gasteiger partial charge in [0, 0.05) is 39.3 Å². The minimum absolute atomic E-state index is 0.0549. The normalized spacial score (nSPS) is 9.92. The molecule has 0 bridgehead atoms. The summed E-state index contributed by atoms with van der Waals surface area (Å²) in [6, 6.07) is 22.2. The third kappa shape index (κ3) is 18.0. The van der Waals surface area contributed by atoms with E-state index in [0.29, 0.717) is 31.8 Å². The molecule has 0 atom stereocenters. The molecule has 3 rings (SSSR count). The van der Waals surface area contributed by atoms with Crippen molar-refractivity contribution in [3.63, 3.8) is 0 Å². The Morgan fingerprint density at radius 2 is 1.05 bits per heavy atom. The van der Waals surface area contributed by atoms with Crippen LogP contribution in [0.15, 0.2) is 86.2 Å². The van der Waals surface area contributed by atoms with Crippen molar-refractivity contribution in [3.05, 3.63) is 86.2 Å². The third-order valence-corrected chi connectivity index (χ3v) is 5.71. The molecule has 10 heteroatoms. The Balaban J connectivity index is 0.000000278. The number of carbonyl (C=O) groups excluding carboxylic acids is 1. The fraction of sp³-hybridized carbons (Fsp3) is 0.296. The second-order valence-corrected chi connectivity index (χ2v) is 9.87. The van der Waals surface area contributed by atoms with Gasteiger partial charge in [-0.2, -0.15) is 0 Å². The molecular formula is C27H29Br3F2O5. The van der Waals surface area contributed by atoms with Gasteiger partial charge in [-0.3, -0.25) is 0 Å². The van der Waals surface area contributed by atoms with Gasteiger partial charge in [0.25, 0.3) is 0 Å². The molecule has 0 fully saturated rings. The molecule has 0 spiro atoms. The predicted octanol–water partition coefficient (Wildman–Crippen LogP) is 8.11. The van der Waals surface area contributed by atoms with Gasteiger partial charge in [0.2, 0.25) is 6.43 Å². The highest BCUT2D eigenvalue weighted by atomic mass is 79.9. The second-order valence-electron chi connectivity index (χ2n) is 7.12. The lowest BCUT2D eigenvalue weighted by Crippen LogP contribution is -2.02. The molecule has 0 unspecified atom stereocenters. The summed E-state index contributed by atoms with van der Waals surface area (Å²) in [7, 11) is 0. The zero-order chi connectivity index (χ0) is 27.3. The summed E-state index contributed by atoms with van der Waals surface area (Å²) in [5, 5.41) is 8.50. The third-order valence-electron chi connectivity index (χ3n) is 4.12. The molecule has 202 valence electrons. The zero-order valence-corrected chi connectivity index (χ0v) is 24.8. The lowest BCUT2D eigenvalue weighted by Gasteiger charge is -2.04. The highest BCUT2D eigenvalue weighted by molar-refractivity contribution is 9.11. The van der Waals surface area contributed by atoms with Crippen molar-refractivity contribution in [3.8, 4) is 17.2 Å². The Morgan fingerprint density at radius 3 is 1.41 bits per heavy atom. The van der Waals surface area contributed by atoms with Crippen LogP contribution >= 0.6 is 47.8 Å². The van der Waals surface area contributed by atoms with Crippen LogP contribution in [0.5, 0.6) is 17.2 Å². The van der Waals surface area contributed by atoms with E-state index >= 15 is 0 Å². The Morgan fingerprint density at radius 1 is 0.676 bits per heavy atom. The van der Waals surface area contributed by atoms with Crippen LogP contribution in [0.4, 0.5) is 8.78 Å². The summed E-state index contributed by atoms with van der Waals surface area (Å²) in [5.74, 6) is 2.25. The van der Waals surface area contributed by atoms with Crippen LogP contribution in [-0.4, -0.2) is 44.2 Å². The van der Waals surface area contributed by atoms with Gasteiger partial charge in [-0.1, -0.05) is 47.8 Å². The fourth-order valence-electron chi connectivity index (χ4n) is 2.34. The molecule has 0 aliphatic rings. The first kappa shape index (κ1) is 33.0. The van der Waals surface area contributed by atoms with E-state index in [9.17, 15) is 13.6 Å². The molecule has 0 aliphatic carbocycles. The molecule has 0 radical (unpaired) electrons. The van der Waals surface area contributed by atoms with Crippen molar-refractivity contribution in [2.45, 2.75) is 25.7 Å². The number of rotatable bonds is 12. The molecule has 0 heterocycles. The molecule has 0 saturated heterocycles. The topological polar surface area (TPSA) is 65.0 Å². The Hall–Kier alpha value is -2.01. The molecule has 0 aromatic heterocycles. The molecule has 1 N–H and O–H groups in total. The molecule has 5 nitrogen and oxygen atoms in total. The molecule has 0 aliphatic heterocycles. The Bertz CT molecular complexity index is 973. The Labute approximate surface area is 241 Å². The highest BCUT2D eigenvalue weighted by Gasteiger charge is 2.02. The number of aldehydes is 1. The smallest absolute Gasteiger partial charge is 0.241 e. The van der Waals surface area contributed by atoms with Gasteiger partial charge in [-0.05, 0) is 72.8 Å². The van der Waals surface area contributed by atoms with Gasteiger partial charge >= 0.3 is 0 Å². The average Bonchev–Trinajstić information content (AvgIpc) is 2.89. The van der Waals surface area contributed by atoms with Gasteiger partial charge in [-0.25, -0.2) is 8.78 Å². The number of aliphatic hydroxyl groups is 1. The van der Waals surface area contributed by atoms with Crippen LogP contribution in [-0.2, 0) is 4.79 Å². The maximum absolute atomic E-state index is 11.7. The number of alkyl halides is 2. The van der Waals surface area contributed by atoms with E-state index in [1.807, 2.05) is 48.5 Å². The van der Waals surface area contributed by atoms with Crippen molar-refractivity contribution < 1.29 is 32.9 Å². The lowest BCUT2D eigenvalue weighted by molar-refractivity contribution is -0.108. The highest BCUT2D eigenvalue weighted by Crippen LogP contribution is 2.18. The van der Waals surface area contributed by atoms with Crippen molar-refractivity contribution >= 4 is 54.1 Å². The minimum atomic E-state index is -2.30. The van der Waals surface area contributed by atoms with Crippen LogP contribution in [0, 0.1) is 0 Å². The molecular weight excluding hydrogens is 682 g/mol. The Kier molecular flexibility index (Phi) is 18.7. The van der Waals surface area contributed by atoms with E-state index in [2.05, 4.69) is 47.8 Å². The van der Waals surface area contributed by atoms with E-state index in [1.54, 1.807) is 24.3 Å². The van der Waals surface area contributed by atoms with Crippen LogP contribution < -0.4 is 14.2 Å². The summed E-state index contributed by atoms with van der Waals surface area (Å²) in [6.07, 6.45) is -0.559. The number of hydrogen-bond acceptors (Lipinski definition) is 5. The first-order valence-electron chi connectivity index (χ1n) is 11.3. The molecule has 37 heavy (non-hydrogen) atoms. The van der Waals surface area contributed by atoms with Crippen molar-refractivity contribution in [2.24, 2.45) is 0 Å². The van der Waals surface area contributed by atoms with Gasteiger partial charge in [0.05, 0.1) is 19.8 Å². The van der Waals surface area contributed by atoms with Gasteiger partial charge in [0.1, 0.15) is 23.5 Å².